The zero-order valence-corrected chi connectivity index (χ0v) is 8.03. The van der Waals surface area contributed by atoms with Crippen LogP contribution in [0.15, 0.2) is 0 Å². The Hall–Kier alpha value is -0.0800. The SMILES string of the molecule is CC(C)N1C(CO)C2CC[C@H]1C2. The maximum Gasteiger partial charge on any atom is 0.0589 e. The van der Waals surface area contributed by atoms with Crippen molar-refractivity contribution in [3.63, 3.8) is 0 Å². The van der Waals surface area contributed by atoms with Gasteiger partial charge in [0.15, 0.2) is 0 Å². The summed E-state index contributed by atoms with van der Waals surface area (Å²) in [5.41, 5.74) is 0. The Labute approximate surface area is 74.6 Å². The molecule has 2 nitrogen and oxygen atoms in total. The fourth-order valence-corrected chi connectivity index (χ4v) is 3.17. The van der Waals surface area contributed by atoms with Gasteiger partial charge in [-0.2, -0.15) is 0 Å². The van der Waals surface area contributed by atoms with E-state index in [0.29, 0.717) is 18.7 Å². The first-order valence-electron chi connectivity index (χ1n) is 5.12. The van der Waals surface area contributed by atoms with Crippen molar-refractivity contribution in [3.05, 3.63) is 0 Å². The van der Waals surface area contributed by atoms with Crippen LogP contribution >= 0.6 is 0 Å². The van der Waals surface area contributed by atoms with Gasteiger partial charge in [0, 0.05) is 18.1 Å². The summed E-state index contributed by atoms with van der Waals surface area (Å²) in [5, 5.41) is 9.27. The molecule has 12 heavy (non-hydrogen) atoms. The van der Waals surface area contributed by atoms with Gasteiger partial charge in [0.25, 0.3) is 0 Å². The van der Waals surface area contributed by atoms with Crippen LogP contribution in [0, 0.1) is 5.92 Å². The van der Waals surface area contributed by atoms with E-state index in [0.717, 1.165) is 12.0 Å². The average molecular weight is 169 g/mol. The quantitative estimate of drug-likeness (QED) is 0.672. The first kappa shape index (κ1) is 8.52. The van der Waals surface area contributed by atoms with Crippen molar-refractivity contribution in [3.8, 4) is 0 Å². The maximum absolute atomic E-state index is 9.27. The number of fused-ring (bicyclic) bond motifs is 2. The number of hydrogen-bond acceptors (Lipinski definition) is 2. The fourth-order valence-electron chi connectivity index (χ4n) is 3.17. The largest absolute Gasteiger partial charge is 0.395 e. The lowest BCUT2D eigenvalue weighted by atomic mass is 9.98. The monoisotopic (exact) mass is 169 g/mol. The smallest absolute Gasteiger partial charge is 0.0589 e. The van der Waals surface area contributed by atoms with E-state index >= 15 is 0 Å². The van der Waals surface area contributed by atoms with Gasteiger partial charge in [-0.1, -0.05) is 0 Å². The molecule has 0 aromatic carbocycles. The number of hydrogen-bond donors (Lipinski definition) is 1. The van der Waals surface area contributed by atoms with E-state index < -0.39 is 0 Å². The van der Waals surface area contributed by atoms with Crippen LogP contribution in [-0.2, 0) is 0 Å². The summed E-state index contributed by atoms with van der Waals surface area (Å²) in [5.74, 6) is 0.794. The summed E-state index contributed by atoms with van der Waals surface area (Å²) in [6, 6.07) is 1.87. The minimum absolute atomic E-state index is 0.360. The zero-order chi connectivity index (χ0) is 8.72. The second-order valence-corrected chi connectivity index (χ2v) is 4.52. The Morgan fingerprint density at radius 1 is 1.42 bits per heavy atom. The number of aliphatic hydroxyl groups excluding tert-OH is 1. The first-order chi connectivity index (χ1) is 5.74. The number of piperidine rings is 1. The van der Waals surface area contributed by atoms with E-state index in [2.05, 4.69) is 18.7 Å². The third-order valence-corrected chi connectivity index (χ3v) is 3.58. The summed E-state index contributed by atoms with van der Waals surface area (Å²) < 4.78 is 0. The number of aliphatic hydroxyl groups is 1. The van der Waals surface area contributed by atoms with E-state index in [1.54, 1.807) is 0 Å². The number of rotatable bonds is 2. The minimum Gasteiger partial charge on any atom is -0.395 e. The Balaban J connectivity index is 2.11. The standard InChI is InChI=1S/C10H19NO/c1-7(2)11-9-4-3-8(5-9)10(11)6-12/h7-10,12H,3-6H2,1-2H3/t8?,9-,10?/m0/s1. The highest BCUT2D eigenvalue weighted by Gasteiger charge is 2.45. The van der Waals surface area contributed by atoms with Gasteiger partial charge in [-0.05, 0) is 39.0 Å². The first-order valence-corrected chi connectivity index (χ1v) is 5.12. The molecule has 70 valence electrons. The van der Waals surface area contributed by atoms with Crippen molar-refractivity contribution >= 4 is 0 Å². The normalized spacial score (nSPS) is 41.5. The van der Waals surface area contributed by atoms with Crippen LogP contribution in [0.5, 0.6) is 0 Å². The van der Waals surface area contributed by atoms with Gasteiger partial charge in [0.1, 0.15) is 0 Å². The summed E-state index contributed by atoms with van der Waals surface area (Å²) in [4.78, 5) is 2.52. The molecule has 1 heterocycles. The Morgan fingerprint density at radius 2 is 2.17 bits per heavy atom. The average Bonchev–Trinajstić information content (AvgIpc) is 2.60. The summed E-state index contributed by atoms with van der Waals surface area (Å²) >= 11 is 0. The van der Waals surface area contributed by atoms with E-state index in [9.17, 15) is 5.11 Å². The van der Waals surface area contributed by atoms with Crippen molar-refractivity contribution in [2.45, 2.75) is 51.2 Å². The van der Waals surface area contributed by atoms with Crippen LogP contribution in [0.1, 0.15) is 33.1 Å². The molecule has 1 saturated heterocycles. The van der Waals surface area contributed by atoms with Gasteiger partial charge in [-0.25, -0.2) is 0 Å². The molecule has 2 heteroatoms. The van der Waals surface area contributed by atoms with Crippen LogP contribution < -0.4 is 0 Å². The molecular formula is C10H19NO. The molecule has 3 atom stereocenters. The van der Waals surface area contributed by atoms with Crippen molar-refractivity contribution in [1.29, 1.82) is 0 Å². The topological polar surface area (TPSA) is 23.5 Å². The van der Waals surface area contributed by atoms with Crippen LogP contribution in [0.25, 0.3) is 0 Å². The second-order valence-electron chi connectivity index (χ2n) is 4.52. The number of nitrogens with zero attached hydrogens (tertiary/aromatic N) is 1. The van der Waals surface area contributed by atoms with E-state index in [-0.39, 0.29) is 0 Å². The van der Waals surface area contributed by atoms with Crippen LogP contribution in [0.2, 0.25) is 0 Å². The summed E-state index contributed by atoms with van der Waals surface area (Å²) in [6.45, 7) is 4.84. The summed E-state index contributed by atoms with van der Waals surface area (Å²) in [7, 11) is 0. The zero-order valence-electron chi connectivity index (χ0n) is 8.03. The molecule has 0 spiro atoms. The lowest BCUT2D eigenvalue weighted by molar-refractivity contribution is 0.0591. The van der Waals surface area contributed by atoms with Gasteiger partial charge < -0.3 is 5.11 Å². The van der Waals surface area contributed by atoms with E-state index in [4.69, 9.17) is 0 Å². The minimum atomic E-state index is 0.360. The van der Waals surface area contributed by atoms with Crippen molar-refractivity contribution in [1.82, 2.24) is 4.90 Å². The Kier molecular flexibility index (Phi) is 2.13. The molecule has 0 aromatic rings. The second kappa shape index (κ2) is 3.00. The predicted octanol–water partition coefficient (Wildman–Crippen LogP) is 1.24. The highest BCUT2D eigenvalue weighted by molar-refractivity contribution is 5.00. The van der Waals surface area contributed by atoms with Crippen LogP contribution in [0.3, 0.4) is 0 Å². The highest BCUT2D eigenvalue weighted by atomic mass is 16.3. The molecule has 1 N–H and O–H groups in total. The van der Waals surface area contributed by atoms with Gasteiger partial charge in [0.05, 0.1) is 6.61 Å². The molecule has 0 aromatic heterocycles. The third kappa shape index (κ3) is 1.09. The lowest BCUT2D eigenvalue weighted by Gasteiger charge is -2.37. The molecule has 2 fully saturated rings. The molecular weight excluding hydrogens is 150 g/mol. The Bertz CT molecular complexity index is 169. The molecule has 1 saturated carbocycles. The maximum atomic E-state index is 9.27. The Morgan fingerprint density at radius 3 is 2.67 bits per heavy atom. The van der Waals surface area contributed by atoms with E-state index in [1.807, 2.05) is 0 Å². The molecule has 1 aliphatic carbocycles. The van der Waals surface area contributed by atoms with Crippen molar-refractivity contribution < 1.29 is 5.11 Å². The van der Waals surface area contributed by atoms with Crippen LogP contribution in [-0.4, -0.2) is 34.7 Å². The van der Waals surface area contributed by atoms with E-state index in [1.165, 1.54) is 19.3 Å². The molecule has 0 amide bonds. The molecule has 2 rings (SSSR count). The summed E-state index contributed by atoms with van der Waals surface area (Å²) in [6.07, 6.45) is 4.04. The molecule has 0 radical (unpaired) electrons. The molecule has 2 unspecified atom stereocenters. The van der Waals surface area contributed by atoms with Gasteiger partial charge >= 0.3 is 0 Å². The van der Waals surface area contributed by atoms with Crippen molar-refractivity contribution in [2.24, 2.45) is 5.92 Å². The van der Waals surface area contributed by atoms with Gasteiger partial charge in [0.2, 0.25) is 0 Å². The molecule has 1 aliphatic heterocycles. The fraction of sp³-hybridized carbons (Fsp3) is 1.00. The lowest BCUT2D eigenvalue weighted by Crippen LogP contribution is -2.46. The van der Waals surface area contributed by atoms with Crippen LogP contribution in [0.4, 0.5) is 0 Å². The van der Waals surface area contributed by atoms with Gasteiger partial charge in [-0.15, -0.1) is 0 Å². The molecule has 2 bridgehead atoms. The van der Waals surface area contributed by atoms with Gasteiger partial charge in [-0.3, -0.25) is 4.90 Å². The third-order valence-electron chi connectivity index (χ3n) is 3.58. The molecule has 2 aliphatic rings. The van der Waals surface area contributed by atoms with Crippen molar-refractivity contribution in [2.75, 3.05) is 6.61 Å². The number of likely N-dealkylation sites (tertiary alicyclic amines) is 1. The predicted molar refractivity (Wildman–Crippen MR) is 49.0 cm³/mol. The highest BCUT2D eigenvalue weighted by Crippen LogP contribution is 2.43.